The Morgan fingerprint density at radius 2 is 1.85 bits per heavy atom. The quantitative estimate of drug-likeness (QED) is 0.478. The fraction of sp³-hybridized carbons (Fsp3) is 0.381. The molecule has 140 valence electrons. The summed E-state index contributed by atoms with van der Waals surface area (Å²) < 4.78 is 5.17. The van der Waals surface area contributed by atoms with Crippen molar-refractivity contribution < 1.29 is 9.84 Å². The number of hydrogen-bond donors (Lipinski definition) is 3. The molecule has 0 saturated carbocycles. The van der Waals surface area contributed by atoms with Crippen molar-refractivity contribution in [3.05, 3.63) is 71.3 Å². The van der Waals surface area contributed by atoms with Crippen molar-refractivity contribution in [2.75, 3.05) is 20.2 Å². The van der Waals surface area contributed by atoms with Crippen molar-refractivity contribution in [2.24, 2.45) is 4.99 Å². The number of aliphatic imine (C=N–C) groups is 1. The summed E-state index contributed by atoms with van der Waals surface area (Å²) in [7, 11) is 1.70. The molecule has 26 heavy (non-hydrogen) atoms. The Morgan fingerprint density at radius 3 is 2.58 bits per heavy atom. The van der Waals surface area contributed by atoms with Gasteiger partial charge in [-0.25, -0.2) is 4.99 Å². The number of ether oxygens (including phenoxy) is 1. The third-order valence-corrected chi connectivity index (χ3v) is 3.96. The summed E-state index contributed by atoms with van der Waals surface area (Å²) >= 11 is 0. The van der Waals surface area contributed by atoms with Gasteiger partial charge < -0.3 is 20.5 Å². The van der Waals surface area contributed by atoms with Crippen molar-refractivity contribution in [1.29, 1.82) is 0 Å². The molecule has 0 aromatic heterocycles. The lowest BCUT2D eigenvalue weighted by Gasteiger charge is -2.14. The highest BCUT2D eigenvalue weighted by Gasteiger charge is 2.07. The number of nitrogens with one attached hydrogen (secondary N) is 2. The number of hydrogen-bond acceptors (Lipinski definition) is 3. The minimum absolute atomic E-state index is 0.475. The largest absolute Gasteiger partial charge is 0.388 e. The van der Waals surface area contributed by atoms with E-state index >= 15 is 0 Å². The molecule has 0 aliphatic carbocycles. The van der Waals surface area contributed by atoms with E-state index in [0.717, 1.165) is 29.2 Å². The summed E-state index contributed by atoms with van der Waals surface area (Å²) in [5.41, 5.74) is 3.22. The van der Waals surface area contributed by atoms with Crippen molar-refractivity contribution in [1.82, 2.24) is 10.6 Å². The predicted molar refractivity (Wildman–Crippen MR) is 106 cm³/mol. The first kappa shape index (κ1) is 19.9. The summed E-state index contributed by atoms with van der Waals surface area (Å²) in [5, 5.41) is 16.8. The molecular weight excluding hydrogens is 326 g/mol. The van der Waals surface area contributed by atoms with Gasteiger partial charge in [-0.1, -0.05) is 54.6 Å². The van der Waals surface area contributed by atoms with Crippen LogP contribution >= 0.6 is 0 Å². The van der Waals surface area contributed by atoms with Gasteiger partial charge >= 0.3 is 0 Å². The lowest BCUT2D eigenvalue weighted by molar-refractivity contribution is 0.168. The maximum Gasteiger partial charge on any atom is 0.191 e. The monoisotopic (exact) mass is 355 g/mol. The molecule has 2 aromatic carbocycles. The van der Waals surface area contributed by atoms with E-state index in [1.54, 1.807) is 7.11 Å². The number of benzene rings is 2. The zero-order valence-electron chi connectivity index (χ0n) is 15.6. The van der Waals surface area contributed by atoms with Crippen LogP contribution in [0.4, 0.5) is 0 Å². The molecule has 0 aliphatic rings. The molecule has 1 atom stereocenters. The van der Waals surface area contributed by atoms with Crippen molar-refractivity contribution >= 4 is 5.96 Å². The van der Waals surface area contributed by atoms with Crippen LogP contribution in [0.25, 0.3) is 0 Å². The molecule has 1 unspecified atom stereocenters. The molecule has 0 spiro atoms. The van der Waals surface area contributed by atoms with Gasteiger partial charge in [-0.2, -0.15) is 0 Å². The van der Waals surface area contributed by atoms with Gasteiger partial charge in [-0.3, -0.25) is 0 Å². The van der Waals surface area contributed by atoms with Crippen LogP contribution in [0.15, 0.2) is 59.6 Å². The van der Waals surface area contributed by atoms with Crippen LogP contribution in [-0.2, 0) is 17.9 Å². The fourth-order valence-corrected chi connectivity index (χ4v) is 2.67. The molecule has 2 aromatic rings. The van der Waals surface area contributed by atoms with Crippen LogP contribution < -0.4 is 10.6 Å². The Bertz CT molecular complexity index is 674. The molecule has 5 nitrogen and oxygen atoms in total. The highest BCUT2D eigenvalue weighted by Crippen LogP contribution is 2.14. The second kappa shape index (κ2) is 11.3. The van der Waals surface area contributed by atoms with E-state index < -0.39 is 6.10 Å². The maximum absolute atomic E-state index is 10.2. The van der Waals surface area contributed by atoms with E-state index in [9.17, 15) is 5.11 Å². The van der Waals surface area contributed by atoms with E-state index in [1.807, 2.05) is 49.4 Å². The molecule has 0 bridgehead atoms. The molecule has 0 aliphatic heterocycles. The highest BCUT2D eigenvalue weighted by molar-refractivity contribution is 5.79. The Kier molecular flexibility index (Phi) is 8.66. The summed E-state index contributed by atoms with van der Waals surface area (Å²) in [5.74, 6) is 0.755. The third-order valence-electron chi connectivity index (χ3n) is 3.96. The number of guanidine groups is 1. The van der Waals surface area contributed by atoms with Gasteiger partial charge in [0, 0.05) is 20.2 Å². The average molecular weight is 355 g/mol. The lowest BCUT2D eigenvalue weighted by atomic mass is 10.1. The molecule has 2 rings (SSSR count). The van der Waals surface area contributed by atoms with E-state index in [-0.39, 0.29) is 0 Å². The maximum atomic E-state index is 10.2. The molecule has 0 amide bonds. The summed E-state index contributed by atoms with van der Waals surface area (Å²) in [6, 6.07) is 18.0. The van der Waals surface area contributed by atoms with Crippen LogP contribution in [0.1, 0.15) is 36.1 Å². The normalized spacial score (nSPS) is 12.7. The second-order valence-corrected chi connectivity index (χ2v) is 6.09. The second-order valence-electron chi connectivity index (χ2n) is 6.09. The zero-order valence-corrected chi connectivity index (χ0v) is 15.6. The van der Waals surface area contributed by atoms with Crippen LogP contribution in [0.3, 0.4) is 0 Å². The molecule has 0 saturated heterocycles. The summed E-state index contributed by atoms with van der Waals surface area (Å²) in [6.07, 6.45) is 0.148. The first-order chi connectivity index (χ1) is 12.7. The first-order valence-electron chi connectivity index (χ1n) is 9.05. The van der Waals surface area contributed by atoms with Crippen LogP contribution in [-0.4, -0.2) is 31.3 Å². The van der Waals surface area contributed by atoms with Gasteiger partial charge in [-0.05, 0) is 30.0 Å². The number of methoxy groups -OCH3 is 1. The summed E-state index contributed by atoms with van der Waals surface area (Å²) in [6.45, 7) is 4.67. The van der Waals surface area contributed by atoms with Crippen molar-refractivity contribution in [3.63, 3.8) is 0 Å². The fourth-order valence-electron chi connectivity index (χ4n) is 2.67. The van der Waals surface area contributed by atoms with Crippen LogP contribution in [0, 0.1) is 0 Å². The molecule has 5 heteroatoms. The van der Waals surface area contributed by atoms with E-state index in [2.05, 4.69) is 27.8 Å². The molecule has 0 radical (unpaired) electrons. The predicted octanol–water partition coefficient (Wildman–Crippen LogP) is 3.01. The molecular formula is C21H29N3O2. The highest BCUT2D eigenvalue weighted by atomic mass is 16.5. The van der Waals surface area contributed by atoms with Gasteiger partial charge in [-0.15, -0.1) is 0 Å². The average Bonchev–Trinajstić information content (AvgIpc) is 2.67. The summed E-state index contributed by atoms with van der Waals surface area (Å²) in [4.78, 5) is 4.63. The minimum Gasteiger partial charge on any atom is -0.388 e. The third kappa shape index (κ3) is 6.86. The Labute approximate surface area is 156 Å². The number of nitrogens with zero attached hydrogens (tertiary/aromatic N) is 1. The van der Waals surface area contributed by atoms with E-state index in [4.69, 9.17) is 4.74 Å². The number of aliphatic hydroxyl groups is 1. The molecule has 3 N–H and O–H groups in total. The standard InChI is InChI=1S/C21H29N3O2/c1-3-22-21(23-13-12-20(25)19-10-5-4-6-11-19)24-15-17-8-7-9-18(14-17)16-26-2/h4-11,14,20,25H,3,12-13,15-16H2,1-2H3,(H2,22,23,24). The molecule has 0 heterocycles. The van der Waals surface area contributed by atoms with Crippen molar-refractivity contribution in [2.45, 2.75) is 32.6 Å². The topological polar surface area (TPSA) is 65.9 Å². The van der Waals surface area contributed by atoms with Gasteiger partial charge in [0.1, 0.15) is 0 Å². The minimum atomic E-state index is -0.475. The van der Waals surface area contributed by atoms with Gasteiger partial charge in [0.15, 0.2) is 5.96 Å². The Morgan fingerprint density at radius 1 is 1.08 bits per heavy atom. The smallest absolute Gasteiger partial charge is 0.191 e. The van der Waals surface area contributed by atoms with Crippen LogP contribution in [0.5, 0.6) is 0 Å². The van der Waals surface area contributed by atoms with Crippen LogP contribution in [0.2, 0.25) is 0 Å². The van der Waals surface area contributed by atoms with Crippen molar-refractivity contribution in [3.8, 4) is 0 Å². The zero-order chi connectivity index (χ0) is 18.6. The SMILES string of the molecule is CCNC(=NCc1cccc(COC)c1)NCCC(O)c1ccccc1. The van der Waals surface area contributed by atoms with E-state index in [1.165, 1.54) is 0 Å². The number of rotatable bonds is 9. The molecule has 0 fully saturated rings. The number of aliphatic hydroxyl groups excluding tert-OH is 1. The van der Waals surface area contributed by atoms with Gasteiger partial charge in [0.25, 0.3) is 0 Å². The van der Waals surface area contributed by atoms with Gasteiger partial charge in [0.05, 0.1) is 19.3 Å². The van der Waals surface area contributed by atoms with Gasteiger partial charge in [0.2, 0.25) is 0 Å². The first-order valence-corrected chi connectivity index (χ1v) is 9.05. The Balaban J connectivity index is 1.87. The lowest BCUT2D eigenvalue weighted by Crippen LogP contribution is -2.38. The van der Waals surface area contributed by atoms with E-state index in [0.29, 0.717) is 26.1 Å². The Hall–Kier alpha value is -2.37.